The molecule has 1 aromatic carbocycles. The number of urea groups is 1. The van der Waals surface area contributed by atoms with Crippen LogP contribution in [0.2, 0.25) is 0 Å². The van der Waals surface area contributed by atoms with E-state index in [2.05, 4.69) is 25.2 Å². The fourth-order valence-electron chi connectivity index (χ4n) is 7.29. The summed E-state index contributed by atoms with van der Waals surface area (Å²) in [5.41, 5.74) is 3.19. The van der Waals surface area contributed by atoms with Crippen LogP contribution in [0.1, 0.15) is 57.4 Å². The highest BCUT2D eigenvalue weighted by molar-refractivity contribution is 5.99. The fourth-order valence-corrected chi connectivity index (χ4v) is 7.29. The van der Waals surface area contributed by atoms with Crippen LogP contribution >= 0.6 is 0 Å². The summed E-state index contributed by atoms with van der Waals surface area (Å²) in [6, 6.07) is 11.1. The van der Waals surface area contributed by atoms with Crippen molar-refractivity contribution in [1.29, 1.82) is 0 Å². The number of rotatable bonds is 5. The van der Waals surface area contributed by atoms with Crippen molar-refractivity contribution in [3.63, 3.8) is 0 Å². The van der Waals surface area contributed by atoms with E-state index in [0.717, 1.165) is 80.6 Å². The van der Waals surface area contributed by atoms with Gasteiger partial charge in [0.15, 0.2) is 11.5 Å². The first-order valence-electron chi connectivity index (χ1n) is 15.5. The molecule has 2 unspecified atom stereocenters. The SMILES string of the molecule is O=C(Nc1ccncc1)Nc1ccc(-c2nc(N3CC4CCC(C3)O4)c3cnn(C4CCC5(CCCO5)CC4)c3n2)cc1. The molecule has 8 rings (SSSR count). The topological polar surface area (TPSA) is 119 Å². The van der Waals surface area contributed by atoms with Crippen molar-refractivity contribution >= 4 is 34.3 Å². The van der Waals surface area contributed by atoms with Crippen molar-refractivity contribution in [2.75, 3.05) is 35.2 Å². The first-order valence-corrected chi connectivity index (χ1v) is 15.5. The van der Waals surface area contributed by atoms with Crippen LogP contribution in [-0.4, -0.2) is 68.3 Å². The summed E-state index contributed by atoms with van der Waals surface area (Å²) in [6.45, 7) is 2.54. The molecular formula is C32H36N8O3. The number of benzene rings is 1. The molecule has 2 bridgehead atoms. The molecule has 1 spiro atoms. The number of hydrogen-bond acceptors (Lipinski definition) is 8. The Labute approximate surface area is 250 Å². The van der Waals surface area contributed by atoms with Gasteiger partial charge in [0.05, 0.1) is 35.4 Å². The number of pyridine rings is 1. The van der Waals surface area contributed by atoms with Crippen LogP contribution in [0.15, 0.2) is 55.0 Å². The Morgan fingerprint density at radius 3 is 2.30 bits per heavy atom. The van der Waals surface area contributed by atoms with Crippen LogP contribution in [0.3, 0.4) is 0 Å². The number of carbonyl (C=O) groups excluding carboxylic acids is 1. The van der Waals surface area contributed by atoms with Gasteiger partial charge in [-0.15, -0.1) is 0 Å². The Kier molecular flexibility index (Phi) is 6.71. The third kappa shape index (κ3) is 5.21. The Bertz CT molecular complexity index is 1600. The summed E-state index contributed by atoms with van der Waals surface area (Å²) < 4.78 is 14.5. The van der Waals surface area contributed by atoms with Gasteiger partial charge in [0, 0.05) is 49.0 Å². The third-order valence-electron chi connectivity index (χ3n) is 9.51. The number of morpholine rings is 1. The Hall–Kier alpha value is -4.09. The number of amides is 2. The van der Waals surface area contributed by atoms with Crippen molar-refractivity contribution in [2.24, 2.45) is 0 Å². The molecule has 0 radical (unpaired) electrons. The molecule has 2 atom stereocenters. The molecule has 2 N–H and O–H groups in total. The monoisotopic (exact) mass is 580 g/mol. The first kappa shape index (κ1) is 26.5. The molecule has 4 aromatic rings. The molecule has 4 aliphatic rings. The summed E-state index contributed by atoms with van der Waals surface area (Å²) in [6.07, 6.45) is 14.5. The number of fused-ring (bicyclic) bond motifs is 3. The normalized spacial score (nSPS) is 26.7. The molecule has 3 aliphatic heterocycles. The fraction of sp³-hybridized carbons (Fsp3) is 0.469. The van der Waals surface area contributed by atoms with Gasteiger partial charge in [0.1, 0.15) is 5.82 Å². The minimum Gasteiger partial charge on any atom is -0.375 e. The molecular weight excluding hydrogens is 544 g/mol. The first-order chi connectivity index (χ1) is 21.1. The van der Waals surface area contributed by atoms with Crippen LogP contribution in [-0.2, 0) is 9.47 Å². The highest BCUT2D eigenvalue weighted by Gasteiger charge is 2.40. The third-order valence-corrected chi connectivity index (χ3v) is 9.51. The highest BCUT2D eigenvalue weighted by atomic mass is 16.5. The van der Waals surface area contributed by atoms with Gasteiger partial charge < -0.3 is 25.0 Å². The largest absolute Gasteiger partial charge is 0.375 e. The maximum atomic E-state index is 12.5. The Morgan fingerprint density at radius 2 is 1.60 bits per heavy atom. The lowest BCUT2D eigenvalue weighted by Gasteiger charge is -2.36. The van der Waals surface area contributed by atoms with Crippen LogP contribution < -0.4 is 15.5 Å². The summed E-state index contributed by atoms with van der Waals surface area (Å²) in [7, 11) is 0. The lowest BCUT2D eigenvalue weighted by molar-refractivity contribution is -0.0337. The van der Waals surface area contributed by atoms with Crippen molar-refractivity contribution in [1.82, 2.24) is 24.7 Å². The average Bonchev–Trinajstić information content (AvgIpc) is 3.76. The number of nitrogens with one attached hydrogen (secondary N) is 2. The zero-order valence-corrected chi connectivity index (χ0v) is 24.1. The minimum atomic E-state index is -0.318. The van der Waals surface area contributed by atoms with Gasteiger partial charge in [-0.3, -0.25) is 4.98 Å². The molecule has 1 aliphatic carbocycles. The summed E-state index contributed by atoms with van der Waals surface area (Å²) in [5, 5.41) is 11.6. The molecule has 2 amide bonds. The van der Waals surface area contributed by atoms with Gasteiger partial charge in [-0.2, -0.15) is 5.10 Å². The van der Waals surface area contributed by atoms with E-state index in [-0.39, 0.29) is 29.9 Å². The van der Waals surface area contributed by atoms with Gasteiger partial charge in [-0.05, 0) is 87.8 Å². The van der Waals surface area contributed by atoms with E-state index in [1.165, 1.54) is 12.8 Å². The minimum absolute atomic E-state index is 0.0722. The number of hydrogen-bond donors (Lipinski definition) is 2. The maximum absolute atomic E-state index is 12.5. The highest BCUT2D eigenvalue weighted by Crippen LogP contribution is 2.44. The van der Waals surface area contributed by atoms with E-state index in [1.54, 1.807) is 24.5 Å². The number of nitrogens with zero attached hydrogens (tertiary/aromatic N) is 6. The lowest BCUT2D eigenvalue weighted by Crippen LogP contribution is -2.43. The van der Waals surface area contributed by atoms with Gasteiger partial charge in [0.25, 0.3) is 0 Å². The second kappa shape index (κ2) is 10.9. The van der Waals surface area contributed by atoms with E-state index < -0.39 is 0 Å². The zero-order chi connectivity index (χ0) is 28.8. The predicted molar refractivity (Wildman–Crippen MR) is 163 cm³/mol. The van der Waals surface area contributed by atoms with E-state index in [9.17, 15) is 4.79 Å². The Morgan fingerprint density at radius 1 is 0.884 bits per heavy atom. The smallest absolute Gasteiger partial charge is 0.323 e. The van der Waals surface area contributed by atoms with Crippen molar-refractivity contribution in [3.8, 4) is 11.4 Å². The zero-order valence-electron chi connectivity index (χ0n) is 24.1. The van der Waals surface area contributed by atoms with Crippen molar-refractivity contribution in [2.45, 2.75) is 75.2 Å². The summed E-state index contributed by atoms with van der Waals surface area (Å²) >= 11 is 0. The molecule has 222 valence electrons. The molecule has 6 heterocycles. The molecule has 3 aromatic heterocycles. The number of carbonyl (C=O) groups is 1. The second-order valence-electron chi connectivity index (χ2n) is 12.3. The van der Waals surface area contributed by atoms with E-state index >= 15 is 0 Å². The molecule has 43 heavy (non-hydrogen) atoms. The van der Waals surface area contributed by atoms with E-state index in [0.29, 0.717) is 17.2 Å². The maximum Gasteiger partial charge on any atom is 0.323 e. The van der Waals surface area contributed by atoms with Gasteiger partial charge in [0.2, 0.25) is 0 Å². The van der Waals surface area contributed by atoms with Crippen molar-refractivity contribution < 1.29 is 14.3 Å². The van der Waals surface area contributed by atoms with Crippen molar-refractivity contribution in [3.05, 3.63) is 55.0 Å². The standard InChI is InChI=1S/C32H36N8O3/c41-31(36-23-10-15-33-16-11-23)35-22-4-2-21(3-5-22)28-37-29(39-19-25-6-7-26(20-39)43-25)27-18-34-40(30(27)38-28)24-8-13-32(14-9-24)12-1-17-42-32/h2-5,10-11,15-16,18,24-26H,1,6-9,12-14,17,19-20H2,(H2,33,35,36,41). The second-order valence-corrected chi connectivity index (χ2v) is 12.3. The predicted octanol–water partition coefficient (Wildman–Crippen LogP) is 5.56. The average molecular weight is 581 g/mol. The number of ether oxygens (including phenoxy) is 2. The number of aromatic nitrogens is 5. The molecule has 11 heteroatoms. The summed E-state index contributed by atoms with van der Waals surface area (Å²) in [5.74, 6) is 1.58. The van der Waals surface area contributed by atoms with Gasteiger partial charge in [-0.25, -0.2) is 19.4 Å². The van der Waals surface area contributed by atoms with Gasteiger partial charge in [-0.1, -0.05) is 0 Å². The van der Waals surface area contributed by atoms with Gasteiger partial charge >= 0.3 is 6.03 Å². The number of anilines is 3. The Balaban J connectivity index is 1.09. The molecule has 4 fully saturated rings. The molecule has 1 saturated carbocycles. The summed E-state index contributed by atoms with van der Waals surface area (Å²) in [4.78, 5) is 29.1. The molecule has 11 nitrogen and oxygen atoms in total. The molecule has 3 saturated heterocycles. The van der Waals surface area contributed by atoms with Crippen LogP contribution in [0, 0.1) is 0 Å². The quantitative estimate of drug-likeness (QED) is 0.315. The van der Waals surface area contributed by atoms with Crippen LogP contribution in [0.5, 0.6) is 0 Å². The van der Waals surface area contributed by atoms with Crippen LogP contribution in [0.4, 0.5) is 22.0 Å². The van der Waals surface area contributed by atoms with E-state index in [4.69, 9.17) is 24.5 Å². The van der Waals surface area contributed by atoms with Crippen LogP contribution in [0.25, 0.3) is 22.4 Å². The van der Waals surface area contributed by atoms with E-state index in [1.807, 2.05) is 30.5 Å². The lowest BCUT2D eigenvalue weighted by atomic mass is 9.80.